The summed E-state index contributed by atoms with van der Waals surface area (Å²) < 4.78 is 5.75. The molecule has 2 rings (SSSR count). The minimum absolute atomic E-state index is 0.118. The van der Waals surface area contributed by atoms with E-state index < -0.39 is 0 Å². The fourth-order valence-corrected chi connectivity index (χ4v) is 2.29. The van der Waals surface area contributed by atoms with Crippen molar-refractivity contribution in [3.05, 3.63) is 29.8 Å². The summed E-state index contributed by atoms with van der Waals surface area (Å²) in [5, 5.41) is 2.85. The van der Waals surface area contributed by atoms with E-state index in [4.69, 9.17) is 22.7 Å². The normalized spacial score (nSPS) is 16.3. The number of nitrogens with one attached hydrogen (secondary N) is 1. The number of benzene rings is 1. The molecule has 5 nitrogen and oxygen atoms in total. The lowest BCUT2D eigenvalue weighted by Gasteiger charge is -2.19. The van der Waals surface area contributed by atoms with Gasteiger partial charge in [-0.2, -0.15) is 0 Å². The predicted molar refractivity (Wildman–Crippen MR) is 81.9 cm³/mol. The van der Waals surface area contributed by atoms with Gasteiger partial charge in [0.1, 0.15) is 17.3 Å². The summed E-state index contributed by atoms with van der Waals surface area (Å²) in [6.45, 7) is 3.65. The van der Waals surface area contributed by atoms with Crippen LogP contribution in [0.25, 0.3) is 0 Å². The Kier molecular flexibility index (Phi) is 5.31. The van der Waals surface area contributed by atoms with Gasteiger partial charge in [0, 0.05) is 32.6 Å². The fraction of sp³-hybridized carbons (Fsp3) is 0.429. The van der Waals surface area contributed by atoms with E-state index in [0.29, 0.717) is 30.3 Å². The Balaban J connectivity index is 1.84. The van der Waals surface area contributed by atoms with Crippen LogP contribution in [0.5, 0.6) is 5.75 Å². The minimum atomic E-state index is 0.118. The Morgan fingerprint density at radius 1 is 1.40 bits per heavy atom. The number of nitrogens with zero attached hydrogens (tertiary/aromatic N) is 1. The molecule has 1 aromatic rings. The van der Waals surface area contributed by atoms with Crippen LogP contribution in [-0.4, -0.2) is 48.6 Å². The summed E-state index contributed by atoms with van der Waals surface area (Å²) >= 11 is 5.00. The van der Waals surface area contributed by atoms with Crippen molar-refractivity contribution in [3.63, 3.8) is 0 Å². The highest BCUT2D eigenvalue weighted by molar-refractivity contribution is 7.80. The van der Waals surface area contributed by atoms with E-state index >= 15 is 0 Å². The largest absolute Gasteiger partial charge is 0.492 e. The SMILES string of the molecule is NC(=S)c1ccccc1OCCN1CCNC(=O)CC1. The lowest BCUT2D eigenvalue weighted by atomic mass is 10.2. The van der Waals surface area contributed by atoms with E-state index in [2.05, 4.69) is 10.2 Å². The summed E-state index contributed by atoms with van der Waals surface area (Å²) in [6.07, 6.45) is 0.545. The van der Waals surface area contributed by atoms with Crippen LogP contribution in [0, 0.1) is 0 Å². The number of carbonyl (C=O) groups is 1. The Morgan fingerprint density at radius 2 is 2.20 bits per heavy atom. The Labute approximate surface area is 124 Å². The first kappa shape index (κ1) is 14.7. The van der Waals surface area contributed by atoms with E-state index in [1.807, 2.05) is 24.3 Å². The minimum Gasteiger partial charge on any atom is -0.492 e. The Hall–Kier alpha value is -1.66. The van der Waals surface area contributed by atoms with Gasteiger partial charge in [0.15, 0.2) is 0 Å². The average molecular weight is 293 g/mol. The molecule has 1 saturated heterocycles. The summed E-state index contributed by atoms with van der Waals surface area (Å²) in [5.74, 6) is 0.830. The van der Waals surface area contributed by atoms with Crippen LogP contribution < -0.4 is 15.8 Å². The van der Waals surface area contributed by atoms with E-state index in [9.17, 15) is 4.79 Å². The second kappa shape index (κ2) is 7.21. The molecule has 20 heavy (non-hydrogen) atoms. The van der Waals surface area contributed by atoms with Gasteiger partial charge in [-0.05, 0) is 12.1 Å². The second-order valence-corrected chi connectivity index (χ2v) is 5.09. The third-order valence-electron chi connectivity index (χ3n) is 3.22. The third-order valence-corrected chi connectivity index (χ3v) is 3.44. The molecule has 108 valence electrons. The van der Waals surface area contributed by atoms with Gasteiger partial charge in [-0.15, -0.1) is 0 Å². The maximum Gasteiger partial charge on any atom is 0.221 e. The van der Waals surface area contributed by atoms with Crippen molar-refractivity contribution in [2.45, 2.75) is 6.42 Å². The number of para-hydroxylation sites is 1. The topological polar surface area (TPSA) is 67.6 Å². The molecule has 1 heterocycles. The first-order chi connectivity index (χ1) is 9.66. The van der Waals surface area contributed by atoms with Crippen LogP contribution in [0.2, 0.25) is 0 Å². The van der Waals surface area contributed by atoms with Gasteiger partial charge in [-0.25, -0.2) is 0 Å². The van der Waals surface area contributed by atoms with E-state index in [1.165, 1.54) is 0 Å². The number of hydrogen-bond acceptors (Lipinski definition) is 4. The zero-order chi connectivity index (χ0) is 14.4. The molecule has 0 bridgehead atoms. The van der Waals surface area contributed by atoms with Gasteiger partial charge in [0.2, 0.25) is 5.91 Å². The van der Waals surface area contributed by atoms with Gasteiger partial charge in [0.25, 0.3) is 0 Å². The molecule has 0 spiro atoms. The quantitative estimate of drug-likeness (QED) is 0.775. The van der Waals surface area contributed by atoms with Crippen molar-refractivity contribution in [3.8, 4) is 5.75 Å². The Morgan fingerprint density at radius 3 is 3.00 bits per heavy atom. The van der Waals surface area contributed by atoms with Gasteiger partial charge >= 0.3 is 0 Å². The number of thiocarbonyl (C=S) groups is 1. The monoisotopic (exact) mass is 293 g/mol. The second-order valence-electron chi connectivity index (χ2n) is 4.65. The van der Waals surface area contributed by atoms with E-state index in [-0.39, 0.29) is 5.91 Å². The molecule has 0 radical (unpaired) electrons. The molecular weight excluding hydrogens is 274 g/mol. The summed E-state index contributed by atoms with van der Waals surface area (Å²) in [5.41, 5.74) is 6.42. The van der Waals surface area contributed by atoms with Crippen LogP contribution in [-0.2, 0) is 4.79 Å². The highest BCUT2D eigenvalue weighted by Crippen LogP contribution is 2.17. The smallest absolute Gasteiger partial charge is 0.221 e. The predicted octanol–water partition coefficient (Wildman–Crippen LogP) is 0.522. The van der Waals surface area contributed by atoms with Crippen LogP contribution in [0.3, 0.4) is 0 Å². The number of amides is 1. The molecule has 6 heteroatoms. The summed E-state index contributed by atoms with van der Waals surface area (Å²) in [7, 11) is 0. The number of nitrogens with two attached hydrogens (primary N) is 1. The van der Waals surface area contributed by atoms with Crippen LogP contribution in [0.1, 0.15) is 12.0 Å². The molecule has 3 N–H and O–H groups in total. The van der Waals surface area contributed by atoms with Gasteiger partial charge in [0.05, 0.1) is 5.56 Å². The van der Waals surface area contributed by atoms with Crippen LogP contribution in [0.4, 0.5) is 0 Å². The first-order valence-electron chi connectivity index (χ1n) is 6.67. The molecule has 1 aliphatic rings. The number of carbonyl (C=O) groups excluding carboxylic acids is 1. The standard InChI is InChI=1S/C14H19N3O2S/c15-14(20)11-3-1-2-4-12(11)19-10-9-17-7-5-13(18)16-6-8-17/h1-4H,5-10H2,(H2,15,20)(H,16,18). The number of ether oxygens (including phenoxy) is 1. The van der Waals surface area contributed by atoms with Crippen molar-refractivity contribution < 1.29 is 9.53 Å². The molecule has 1 aliphatic heterocycles. The maximum absolute atomic E-state index is 11.2. The van der Waals surface area contributed by atoms with Gasteiger partial charge < -0.3 is 15.8 Å². The van der Waals surface area contributed by atoms with Crippen molar-refractivity contribution in [2.75, 3.05) is 32.8 Å². The number of hydrogen-bond donors (Lipinski definition) is 2. The molecule has 0 saturated carbocycles. The van der Waals surface area contributed by atoms with E-state index in [1.54, 1.807) is 0 Å². The zero-order valence-electron chi connectivity index (χ0n) is 11.3. The van der Waals surface area contributed by atoms with Crippen molar-refractivity contribution in [2.24, 2.45) is 5.73 Å². The first-order valence-corrected chi connectivity index (χ1v) is 7.08. The summed E-state index contributed by atoms with van der Waals surface area (Å²) in [4.78, 5) is 13.8. The van der Waals surface area contributed by atoms with E-state index in [0.717, 1.165) is 25.2 Å². The molecule has 1 amide bonds. The van der Waals surface area contributed by atoms with Gasteiger partial charge in [-0.1, -0.05) is 24.4 Å². The Bertz CT molecular complexity index is 493. The highest BCUT2D eigenvalue weighted by Gasteiger charge is 2.13. The van der Waals surface area contributed by atoms with Crippen molar-refractivity contribution in [1.82, 2.24) is 10.2 Å². The summed E-state index contributed by atoms with van der Waals surface area (Å²) in [6, 6.07) is 7.49. The molecule has 1 aromatic carbocycles. The molecule has 0 aliphatic carbocycles. The lowest BCUT2D eigenvalue weighted by Crippen LogP contribution is -2.32. The zero-order valence-corrected chi connectivity index (χ0v) is 12.1. The van der Waals surface area contributed by atoms with Gasteiger partial charge in [-0.3, -0.25) is 9.69 Å². The molecular formula is C14H19N3O2S. The molecule has 0 aromatic heterocycles. The molecule has 0 atom stereocenters. The average Bonchev–Trinajstić information content (AvgIpc) is 2.64. The molecule has 1 fully saturated rings. The molecule has 0 unspecified atom stereocenters. The maximum atomic E-state index is 11.2. The van der Waals surface area contributed by atoms with Crippen molar-refractivity contribution >= 4 is 23.1 Å². The van der Waals surface area contributed by atoms with Crippen molar-refractivity contribution in [1.29, 1.82) is 0 Å². The van der Waals surface area contributed by atoms with Crippen LogP contribution in [0.15, 0.2) is 24.3 Å². The number of rotatable bonds is 5. The highest BCUT2D eigenvalue weighted by atomic mass is 32.1. The lowest BCUT2D eigenvalue weighted by molar-refractivity contribution is -0.120. The van der Waals surface area contributed by atoms with Crippen LogP contribution >= 0.6 is 12.2 Å². The fourth-order valence-electron chi connectivity index (χ4n) is 2.12. The third kappa shape index (κ3) is 4.18.